The average molecular weight is 174 g/mol. The van der Waals surface area contributed by atoms with Gasteiger partial charge in [0.1, 0.15) is 0 Å². The van der Waals surface area contributed by atoms with Gasteiger partial charge in [-0.1, -0.05) is 12.1 Å². The second-order valence-electron chi connectivity index (χ2n) is 2.74. The average Bonchev–Trinajstić information content (AvgIpc) is 2.71. The van der Waals surface area contributed by atoms with Crippen molar-refractivity contribution in [2.24, 2.45) is 0 Å². The zero-order valence-electron chi connectivity index (χ0n) is 6.24. The summed E-state index contributed by atoms with van der Waals surface area (Å²) in [5.41, 5.74) is 1.16. The van der Waals surface area contributed by atoms with Gasteiger partial charge >= 0.3 is 0 Å². The number of nitrogens with zero attached hydrogens (tertiary/aromatic N) is 1. The predicted molar refractivity (Wildman–Crippen MR) is 51.5 cm³/mol. The maximum Gasteiger partial charge on any atom is 0.0828 e. The van der Waals surface area contributed by atoms with E-state index in [-0.39, 0.29) is 0 Å². The normalized spacial score (nSPS) is 11.3. The first-order valence-electron chi connectivity index (χ1n) is 3.74. The Bertz CT molecular complexity index is 486. The van der Waals surface area contributed by atoms with E-state index < -0.39 is 0 Å². The van der Waals surface area contributed by atoms with Crippen LogP contribution in [0, 0.1) is 0 Å². The molecule has 3 aromatic rings. The highest BCUT2D eigenvalue weighted by Gasteiger charge is 2.01. The second kappa shape index (κ2) is 2.08. The van der Waals surface area contributed by atoms with Gasteiger partial charge in [0.25, 0.3) is 0 Å². The quantitative estimate of drug-likeness (QED) is 0.557. The molecule has 0 aliphatic heterocycles. The van der Waals surface area contributed by atoms with Gasteiger partial charge in [-0.05, 0) is 16.8 Å². The van der Waals surface area contributed by atoms with E-state index >= 15 is 0 Å². The molecule has 2 nitrogen and oxygen atoms in total. The topological polar surface area (TPSA) is 28.7 Å². The van der Waals surface area contributed by atoms with Crippen molar-refractivity contribution in [2.75, 3.05) is 0 Å². The monoisotopic (exact) mass is 174 g/mol. The zero-order chi connectivity index (χ0) is 7.97. The lowest BCUT2D eigenvalue weighted by Gasteiger charge is -1.89. The third kappa shape index (κ3) is 0.662. The molecule has 0 aliphatic rings. The Morgan fingerprint density at radius 2 is 2.08 bits per heavy atom. The number of rotatable bonds is 0. The number of fused-ring (bicyclic) bond motifs is 3. The van der Waals surface area contributed by atoms with Gasteiger partial charge in [0.15, 0.2) is 0 Å². The molecular weight excluding hydrogens is 168 g/mol. The molecule has 0 aliphatic carbocycles. The molecule has 12 heavy (non-hydrogen) atoms. The van der Waals surface area contributed by atoms with Crippen LogP contribution in [0.2, 0.25) is 0 Å². The molecule has 0 saturated heterocycles. The summed E-state index contributed by atoms with van der Waals surface area (Å²) in [5.74, 6) is 0. The minimum absolute atomic E-state index is 1.16. The van der Waals surface area contributed by atoms with Gasteiger partial charge in [-0.3, -0.25) is 5.10 Å². The molecule has 0 bridgehead atoms. The van der Waals surface area contributed by atoms with Crippen LogP contribution < -0.4 is 0 Å². The molecule has 0 spiro atoms. The fourth-order valence-corrected chi connectivity index (χ4v) is 2.34. The zero-order valence-corrected chi connectivity index (χ0v) is 7.06. The fraction of sp³-hybridized carbons (Fsp3) is 0. The van der Waals surface area contributed by atoms with Gasteiger partial charge < -0.3 is 0 Å². The smallest absolute Gasteiger partial charge is 0.0828 e. The molecule has 1 aromatic carbocycles. The van der Waals surface area contributed by atoms with E-state index in [1.54, 1.807) is 11.3 Å². The molecule has 2 aromatic heterocycles. The summed E-state index contributed by atoms with van der Waals surface area (Å²) in [6.45, 7) is 0. The summed E-state index contributed by atoms with van der Waals surface area (Å²) < 4.78 is 1.30. The van der Waals surface area contributed by atoms with E-state index in [0.29, 0.717) is 0 Å². The number of hydrogen-bond acceptors (Lipinski definition) is 2. The minimum atomic E-state index is 1.16. The number of aromatic amines is 1. The van der Waals surface area contributed by atoms with Crippen LogP contribution in [0.15, 0.2) is 29.8 Å². The molecule has 0 amide bonds. The molecule has 3 heteroatoms. The van der Waals surface area contributed by atoms with Crippen LogP contribution in [0.1, 0.15) is 0 Å². The van der Waals surface area contributed by atoms with Crippen LogP contribution in [0.5, 0.6) is 0 Å². The molecule has 2 heterocycles. The highest BCUT2D eigenvalue weighted by atomic mass is 32.1. The van der Waals surface area contributed by atoms with Crippen LogP contribution in [-0.4, -0.2) is 10.2 Å². The lowest BCUT2D eigenvalue weighted by molar-refractivity contribution is 1.12. The van der Waals surface area contributed by atoms with Gasteiger partial charge in [0.2, 0.25) is 0 Å². The maximum atomic E-state index is 4.01. The van der Waals surface area contributed by atoms with Gasteiger partial charge in [0, 0.05) is 5.39 Å². The summed E-state index contributed by atoms with van der Waals surface area (Å²) >= 11 is 1.75. The van der Waals surface area contributed by atoms with Crippen LogP contribution >= 0.6 is 11.3 Å². The van der Waals surface area contributed by atoms with Gasteiger partial charge in [0.05, 0.1) is 16.4 Å². The van der Waals surface area contributed by atoms with E-state index in [4.69, 9.17) is 0 Å². The molecular formula is C9H6N2S. The lowest BCUT2D eigenvalue weighted by Crippen LogP contribution is -1.67. The Labute approximate surface area is 72.8 Å². The van der Waals surface area contributed by atoms with Crippen molar-refractivity contribution in [3.05, 3.63) is 29.8 Å². The van der Waals surface area contributed by atoms with Crippen molar-refractivity contribution in [3.63, 3.8) is 0 Å². The van der Waals surface area contributed by atoms with Crippen LogP contribution in [0.25, 0.3) is 21.0 Å². The molecule has 0 saturated carbocycles. The Balaban J connectivity index is 2.71. The number of H-pyrrole nitrogens is 1. The predicted octanol–water partition coefficient (Wildman–Crippen LogP) is 2.78. The molecule has 0 fully saturated rings. The Hall–Kier alpha value is -1.35. The van der Waals surface area contributed by atoms with Gasteiger partial charge in [-0.15, -0.1) is 11.3 Å². The summed E-state index contributed by atoms with van der Waals surface area (Å²) in [7, 11) is 0. The standard InChI is InChI=1S/C9H6N2S/c1-2-7-5-10-11-8(7)9-6(1)3-4-12-9/h1-5H,(H,10,11). The highest BCUT2D eigenvalue weighted by Crippen LogP contribution is 2.27. The molecule has 0 atom stereocenters. The number of aromatic nitrogens is 2. The molecule has 0 unspecified atom stereocenters. The van der Waals surface area contributed by atoms with Crippen molar-refractivity contribution in [3.8, 4) is 0 Å². The number of hydrogen-bond donors (Lipinski definition) is 1. The first-order valence-corrected chi connectivity index (χ1v) is 4.62. The first-order chi connectivity index (χ1) is 5.95. The van der Waals surface area contributed by atoms with Crippen molar-refractivity contribution in [1.29, 1.82) is 0 Å². The Kier molecular flexibility index (Phi) is 1.07. The van der Waals surface area contributed by atoms with Crippen LogP contribution in [-0.2, 0) is 0 Å². The van der Waals surface area contributed by atoms with E-state index in [0.717, 1.165) is 5.52 Å². The Morgan fingerprint density at radius 1 is 1.17 bits per heavy atom. The fourth-order valence-electron chi connectivity index (χ4n) is 1.44. The summed E-state index contributed by atoms with van der Waals surface area (Å²) in [4.78, 5) is 0. The van der Waals surface area contributed by atoms with E-state index in [9.17, 15) is 0 Å². The third-order valence-corrected chi connectivity index (χ3v) is 2.98. The van der Waals surface area contributed by atoms with E-state index in [1.807, 2.05) is 6.20 Å². The number of nitrogens with one attached hydrogen (secondary N) is 1. The van der Waals surface area contributed by atoms with Crippen molar-refractivity contribution < 1.29 is 0 Å². The summed E-state index contributed by atoms with van der Waals surface area (Å²) in [5, 5.41) is 11.6. The maximum absolute atomic E-state index is 4.01. The van der Waals surface area contributed by atoms with E-state index in [2.05, 4.69) is 33.8 Å². The first kappa shape index (κ1) is 6.20. The molecule has 1 N–H and O–H groups in total. The van der Waals surface area contributed by atoms with Crippen molar-refractivity contribution >= 4 is 32.3 Å². The minimum Gasteiger partial charge on any atom is -0.276 e. The largest absolute Gasteiger partial charge is 0.276 e. The van der Waals surface area contributed by atoms with Crippen LogP contribution in [0.3, 0.4) is 0 Å². The number of thiophene rings is 1. The third-order valence-electron chi connectivity index (χ3n) is 2.03. The lowest BCUT2D eigenvalue weighted by atomic mass is 10.2. The molecule has 58 valence electrons. The SMILES string of the molecule is c1cc2ccc3cn[nH]c3c2s1. The van der Waals surface area contributed by atoms with Crippen molar-refractivity contribution in [1.82, 2.24) is 10.2 Å². The summed E-state index contributed by atoms with van der Waals surface area (Å²) in [6, 6.07) is 6.35. The highest BCUT2D eigenvalue weighted by molar-refractivity contribution is 7.18. The van der Waals surface area contributed by atoms with Crippen molar-refractivity contribution in [2.45, 2.75) is 0 Å². The van der Waals surface area contributed by atoms with E-state index in [1.165, 1.54) is 15.5 Å². The molecule has 3 rings (SSSR count). The van der Waals surface area contributed by atoms with Crippen LogP contribution in [0.4, 0.5) is 0 Å². The summed E-state index contributed by atoms with van der Waals surface area (Å²) in [6.07, 6.45) is 1.86. The van der Waals surface area contributed by atoms with Gasteiger partial charge in [-0.25, -0.2) is 0 Å². The van der Waals surface area contributed by atoms with Gasteiger partial charge in [-0.2, -0.15) is 5.10 Å². The Morgan fingerprint density at radius 3 is 3.08 bits per heavy atom. The second-order valence-corrected chi connectivity index (χ2v) is 3.65. The molecule has 0 radical (unpaired) electrons. The number of benzene rings is 1.